The van der Waals surface area contributed by atoms with Crippen molar-refractivity contribution in [1.82, 2.24) is 0 Å². The first kappa shape index (κ1) is 12.0. The van der Waals surface area contributed by atoms with E-state index in [0.717, 1.165) is 0 Å². The van der Waals surface area contributed by atoms with Crippen LogP contribution in [0.5, 0.6) is 0 Å². The second-order valence-corrected chi connectivity index (χ2v) is 3.33. The van der Waals surface area contributed by atoms with E-state index in [0.29, 0.717) is 12.1 Å². The lowest BCUT2D eigenvalue weighted by molar-refractivity contribution is -0.137. The van der Waals surface area contributed by atoms with E-state index in [1.54, 1.807) is 0 Å². The van der Waals surface area contributed by atoms with E-state index in [9.17, 15) is 22.4 Å². The second kappa shape index (κ2) is 3.81. The van der Waals surface area contributed by atoms with Crippen LogP contribution in [-0.4, -0.2) is 6.04 Å². The van der Waals surface area contributed by atoms with Gasteiger partial charge in [-0.1, -0.05) is 11.6 Å². The van der Waals surface area contributed by atoms with Gasteiger partial charge < -0.3 is 0 Å². The number of hydrogen-bond donors (Lipinski definition) is 0. The monoisotopic (exact) mass is 240 g/mol. The standard InChI is InChI=1S/C9H5ClF4O/c1-4-2-5(9(12,13)14)3-6(10)7(4)8(11)15/h2-3H,1H3. The molecule has 0 saturated carbocycles. The van der Waals surface area contributed by atoms with Crippen LogP contribution >= 0.6 is 11.6 Å². The molecule has 0 fully saturated rings. The van der Waals surface area contributed by atoms with Crippen molar-refractivity contribution in [3.05, 3.63) is 33.8 Å². The number of alkyl halides is 3. The number of carbonyl (C=O) groups excluding carboxylic acids is 1. The lowest BCUT2D eigenvalue weighted by Crippen LogP contribution is -2.07. The van der Waals surface area contributed by atoms with Crippen molar-refractivity contribution in [1.29, 1.82) is 0 Å². The maximum atomic E-state index is 12.4. The molecule has 1 nitrogen and oxygen atoms in total. The quantitative estimate of drug-likeness (QED) is 0.539. The zero-order valence-electron chi connectivity index (χ0n) is 7.45. The molecule has 0 saturated heterocycles. The molecule has 0 spiro atoms. The summed E-state index contributed by atoms with van der Waals surface area (Å²) in [6.45, 7) is 1.19. The van der Waals surface area contributed by atoms with E-state index < -0.39 is 28.4 Å². The Bertz CT molecular complexity index is 388. The van der Waals surface area contributed by atoms with E-state index in [1.165, 1.54) is 6.92 Å². The molecular weight excluding hydrogens is 236 g/mol. The fourth-order valence-electron chi connectivity index (χ4n) is 1.16. The minimum Gasteiger partial charge on any atom is -0.255 e. The summed E-state index contributed by atoms with van der Waals surface area (Å²) in [5.41, 5.74) is -1.66. The normalized spacial score (nSPS) is 11.6. The molecule has 0 N–H and O–H groups in total. The van der Waals surface area contributed by atoms with Gasteiger partial charge in [0.2, 0.25) is 0 Å². The summed E-state index contributed by atoms with van der Waals surface area (Å²) in [7, 11) is 0. The molecule has 0 aliphatic carbocycles. The Labute approximate surface area is 87.7 Å². The van der Waals surface area contributed by atoms with Gasteiger partial charge in [-0.05, 0) is 24.6 Å². The van der Waals surface area contributed by atoms with Gasteiger partial charge in [-0.2, -0.15) is 17.6 Å². The zero-order valence-corrected chi connectivity index (χ0v) is 8.21. The fraction of sp³-hybridized carbons (Fsp3) is 0.222. The van der Waals surface area contributed by atoms with Crippen molar-refractivity contribution < 1.29 is 22.4 Å². The van der Waals surface area contributed by atoms with Crippen LogP contribution in [0.1, 0.15) is 21.5 Å². The highest BCUT2D eigenvalue weighted by Gasteiger charge is 2.32. The Balaban J connectivity index is 3.39. The molecule has 0 amide bonds. The Hall–Kier alpha value is -1.10. The number of halogens is 5. The van der Waals surface area contributed by atoms with Crippen LogP contribution in [0.4, 0.5) is 17.6 Å². The van der Waals surface area contributed by atoms with Gasteiger partial charge in [-0.25, -0.2) is 0 Å². The van der Waals surface area contributed by atoms with E-state index in [1.807, 2.05) is 0 Å². The average molecular weight is 241 g/mol. The molecule has 0 heterocycles. The molecule has 0 aromatic heterocycles. The van der Waals surface area contributed by atoms with Crippen molar-refractivity contribution in [2.24, 2.45) is 0 Å². The van der Waals surface area contributed by atoms with Crippen LogP contribution in [0.3, 0.4) is 0 Å². The van der Waals surface area contributed by atoms with Crippen molar-refractivity contribution in [2.45, 2.75) is 13.1 Å². The zero-order chi connectivity index (χ0) is 11.8. The molecule has 0 atom stereocenters. The van der Waals surface area contributed by atoms with Crippen molar-refractivity contribution >= 4 is 17.6 Å². The molecule has 15 heavy (non-hydrogen) atoms. The molecular formula is C9H5ClF4O. The SMILES string of the molecule is Cc1cc(C(F)(F)F)cc(Cl)c1C(=O)F. The van der Waals surface area contributed by atoms with E-state index >= 15 is 0 Å². The molecule has 0 aliphatic heterocycles. The van der Waals surface area contributed by atoms with Crippen LogP contribution in [0.25, 0.3) is 0 Å². The summed E-state index contributed by atoms with van der Waals surface area (Å²) in [6, 6.07) is -0.633. The highest BCUT2D eigenvalue weighted by molar-refractivity contribution is 6.33. The third-order valence-electron chi connectivity index (χ3n) is 1.81. The molecule has 0 bridgehead atoms. The fourth-order valence-corrected chi connectivity index (χ4v) is 1.50. The molecule has 0 aliphatic rings. The molecule has 1 aromatic carbocycles. The van der Waals surface area contributed by atoms with Gasteiger partial charge in [0.05, 0.1) is 16.1 Å². The van der Waals surface area contributed by atoms with Crippen molar-refractivity contribution in [3.8, 4) is 0 Å². The first-order valence-corrected chi connectivity index (χ1v) is 4.18. The largest absolute Gasteiger partial charge is 0.416 e. The highest BCUT2D eigenvalue weighted by atomic mass is 35.5. The van der Waals surface area contributed by atoms with Gasteiger partial charge in [-0.3, -0.25) is 4.79 Å². The topological polar surface area (TPSA) is 17.1 Å². The summed E-state index contributed by atoms with van der Waals surface area (Å²) in [5, 5.41) is -0.533. The minimum atomic E-state index is -4.56. The van der Waals surface area contributed by atoms with Crippen LogP contribution in [0, 0.1) is 6.92 Å². The number of benzene rings is 1. The molecule has 82 valence electrons. The van der Waals surface area contributed by atoms with Crippen molar-refractivity contribution in [3.63, 3.8) is 0 Å². The van der Waals surface area contributed by atoms with E-state index in [-0.39, 0.29) is 5.56 Å². The summed E-state index contributed by atoms with van der Waals surface area (Å²) in [5.74, 6) is 0. The predicted molar refractivity (Wildman–Crippen MR) is 46.6 cm³/mol. The van der Waals surface area contributed by atoms with Gasteiger partial charge in [0, 0.05) is 0 Å². The lowest BCUT2D eigenvalue weighted by atomic mass is 10.1. The molecule has 6 heteroatoms. The Morgan fingerprint density at radius 3 is 2.20 bits per heavy atom. The number of aryl methyl sites for hydroxylation is 1. The third kappa shape index (κ3) is 2.47. The summed E-state index contributed by atoms with van der Waals surface area (Å²) in [4.78, 5) is 10.4. The van der Waals surface area contributed by atoms with Gasteiger partial charge in [-0.15, -0.1) is 0 Å². The predicted octanol–water partition coefficient (Wildman–Crippen LogP) is 3.78. The van der Waals surface area contributed by atoms with Crippen LogP contribution in [0.15, 0.2) is 12.1 Å². The Morgan fingerprint density at radius 2 is 1.87 bits per heavy atom. The first-order chi connectivity index (χ1) is 6.73. The molecule has 1 aromatic rings. The number of rotatable bonds is 1. The summed E-state index contributed by atoms with van der Waals surface area (Å²) < 4.78 is 49.1. The summed E-state index contributed by atoms with van der Waals surface area (Å²) >= 11 is 5.37. The minimum absolute atomic E-state index is 0.137. The lowest BCUT2D eigenvalue weighted by Gasteiger charge is -2.10. The first-order valence-electron chi connectivity index (χ1n) is 3.80. The Kier molecular flexibility index (Phi) is 3.04. The van der Waals surface area contributed by atoms with E-state index in [2.05, 4.69) is 0 Å². The second-order valence-electron chi connectivity index (χ2n) is 2.92. The van der Waals surface area contributed by atoms with Crippen LogP contribution in [-0.2, 0) is 6.18 Å². The van der Waals surface area contributed by atoms with E-state index in [4.69, 9.17) is 11.6 Å². The molecule has 0 radical (unpaired) electrons. The Morgan fingerprint density at radius 1 is 1.33 bits per heavy atom. The number of hydrogen-bond acceptors (Lipinski definition) is 1. The highest BCUT2D eigenvalue weighted by Crippen LogP contribution is 2.33. The van der Waals surface area contributed by atoms with Gasteiger partial charge in [0.1, 0.15) is 0 Å². The molecule has 0 unspecified atom stereocenters. The van der Waals surface area contributed by atoms with Gasteiger partial charge in [0.15, 0.2) is 0 Å². The van der Waals surface area contributed by atoms with Crippen LogP contribution < -0.4 is 0 Å². The smallest absolute Gasteiger partial charge is 0.255 e. The maximum Gasteiger partial charge on any atom is 0.416 e. The molecule has 1 rings (SSSR count). The average Bonchev–Trinajstić information content (AvgIpc) is 1.99. The van der Waals surface area contributed by atoms with Gasteiger partial charge in [0.25, 0.3) is 0 Å². The summed E-state index contributed by atoms with van der Waals surface area (Å²) in [6.07, 6.45) is -4.56. The van der Waals surface area contributed by atoms with Gasteiger partial charge >= 0.3 is 12.2 Å². The third-order valence-corrected chi connectivity index (χ3v) is 2.11. The maximum absolute atomic E-state index is 12.4. The van der Waals surface area contributed by atoms with Crippen molar-refractivity contribution in [2.75, 3.05) is 0 Å². The van der Waals surface area contributed by atoms with Crippen LogP contribution in [0.2, 0.25) is 5.02 Å². The number of carbonyl (C=O) groups is 1.